The molecule has 2 N–H and O–H groups in total. The highest BCUT2D eigenvalue weighted by molar-refractivity contribution is 5.51. The lowest BCUT2D eigenvalue weighted by Crippen LogP contribution is -2.35. The van der Waals surface area contributed by atoms with Gasteiger partial charge in [-0.05, 0) is 48.4 Å². The summed E-state index contributed by atoms with van der Waals surface area (Å²) in [5, 5.41) is 13.4. The first-order valence-electron chi connectivity index (χ1n) is 11.3. The Bertz CT molecular complexity index is 1210. The zero-order valence-corrected chi connectivity index (χ0v) is 19.0. The van der Waals surface area contributed by atoms with Crippen LogP contribution in [0.2, 0.25) is 0 Å². The lowest BCUT2D eigenvalue weighted by atomic mass is 10.1. The number of nitrogens with zero attached hydrogens (tertiary/aromatic N) is 1. The van der Waals surface area contributed by atoms with Crippen molar-refractivity contribution in [2.24, 2.45) is 0 Å². The van der Waals surface area contributed by atoms with Gasteiger partial charge < -0.3 is 19.6 Å². The number of aromatic hydroxyl groups is 1. The van der Waals surface area contributed by atoms with Crippen molar-refractivity contribution in [1.29, 1.82) is 0 Å². The van der Waals surface area contributed by atoms with E-state index in [0.29, 0.717) is 6.42 Å². The highest BCUT2D eigenvalue weighted by atomic mass is 16.5. The standard InChI is InChI=1S/C28H28N2O4/c1-2-3-25(28-27(32)26(31)14-17-34-28)29-24-12-10-22(11-13-24)5-4-21-6-8-23(9-7-21)20-30-15-18-33-19-16-30/h2,6-14,17,25,29,32H,1,3,15-16,18-20H2. The molecule has 0 bridgehead atoms. The van der Waals surface area contributed by atoms with Gasteiger partial charge in [0, 0.05) is 42.5 Å². The molecule has 1 aliphatic heterocycles. The Kier molecular flexibility index (Phi) is 7.82. The second kappa shape index (κ2) is 11.4. The number of ether oxygens (including phenoxy) is 1. The lowest BCUT2D eigenvalue weighted by Gasteiger charge is -2.26. The summed E-state index contributed by atoms with van der Waals surface area (Å²) in [7, 11) is 0. The van der Waals surface area contributed by atoms with E-state index in [1.807, 2.05) is 24.3 Å². The first-order chi connectivity index (χ1) is 16.6. The fraction of sp³-hybridized carbons (Fsp3) is 0.250. The molecule has 6 nitrogen and oxygen atoms in total. The molecule has 2 heterocycles. The van der Waals surface area contributed by atoms with Crippen LogP contribution in [0.25, 0.3) is 0 Å². The molecule has 6 heteroatoms. The van der Waals surface area contributed by atoms with Crippen LogP contribution in [0.3, 0.4) is 0 Å². The Morgan fingerprint density at radius 3 is 2.32 bits per heavy atom. The molecular weight excluding hydrogens is 428 g/mol. The van der Waals surface area contributed by atoms with Crippen LogP contribution in [0.5, 0.6) is 5.75 Å². The largest absolute Gasteiger partial charge is 0.502 e. The van der Waals surface area contributed by atoms with E-state index in [2.05, 4.69) is 52.9 Å². The van der Waals surface area contributed by atoms with Crippen molar-refractivity contribution in [2.75, 3.05) is 31.6 Å². The zero-order chi connectivity index (χ0) is 23.8. The van der Waals surface area contributed by atoms with Crippen molar-refractivity contribution >= 4 is 5.69 Å². The summed E-state index contributed by atoms with van der Waals surface area (Å²) in [5.41, 5.74) is 3.47. The van der Waals surface area contributed by atoms with Crippen molar-refractivity contribution in [3.05, 3.63) is 106 Å². The molecule has 0 radical (unpaired) electrons. The average molecular weight is 457 g/mol. The van der Waals surface area contributed by atoms with E-state index < -0.39 is 11.5 Å². The van der Waals surface area contributed by atoms with Gasteiger partial charge in [0.05, 0.1) is 25.5 Å². The predicted octanol–water partition coefficient (Wildman–Crippen LogP) is 4.31. The van der Waals surface area contributed by atoms with Crippen molar-refractivity contribution in [2.45, 2.75) is 19.0 Å². The van der Waals surface area contributed by atoms with Crippen LogP contribution in [0.4, 0.5) is 5.69 Å². The van der Waals surface area contributed by atoms with Crippen LogP contribution in [0, 0.1) is 11.8 Å². The second-order valence-electron chi connectivity index (χ2n) is 8.13. The minimum atomic E-state index is -0.475. The third-order valence-electron chi connectivity index (χ3n) is 5.64. The number of morpholine rings is 1. The summed E-state index contributed by atoms with van der Waals surface area (Å²) >= 11 is 0. The number of rotatable bonds is 7. The molecule has 1 aromatic heterocycles. The van der Waals surface area contributed by atoms with Crippen molar-refractivity contribution in [3.63, 3.8) is 0 Å². The Hall–Kier alpha value is -3.79. The summed E-state index contributed by atoms with van der Waals surface area (Å²) in [6.45, 7) is 8.24. The maximum atomic E-state index is 11.8. The number of hydrogen-bond acceptors (Lipinski definition) is 6. The molecule has 0 spiro atoms. The molecule has 174 valence electrons. The number of anilines is 1. The monoisotopic (exact) mass is 456 g/mol. The molecule has 3 aromatic rings. The Balaban J connectivity index is 1.39. The fourth-order valence-corrected chi connectivity index (χ4v) is 3.78. The highest BCUT2D eigenvalue weighted by Gasteiger charge is 2.19. The second-order valence-corrected chi connectivity index (χ2v) is 8.13. The maximum absolute atomic E-state index is 11.8. The molecule has 1 atom stereocenters. The van der Waals surface area contributed by atoms with E-state index in [4.69, 9.17) is 9.15 Å². The fourth-order valence-electron chi connectivity index (χ4n) is 3.78. The Morgan fingerprint density at radius 2 is 1.68 bits per heavy atom. The van der Waals surface area contributed by atoms with Crippen molar-refractivity contribution in [3.8, 4) is 17.6 Å². The topological polar surface area (TPSA) is 74.9 Å². The van der Waals surface area contributed by atoms with Gasteiger partial charge in [0.1, 0.15) is 0 Å². The maximum Gasteiger partial charge on any atom is 0.226 e. The van der Waals surface area contributed by atoms with Gasteiger partial charge in [0.25, 0.3) is 0 Å². The molecule has 0 amide bonds. The summed E-state index contributed by atoms with van der Waals surface area (Å²) in [4.78, 5) is 14.2. The van der Waals surface area contributed by atoms with E-state index in [0.717, 1.165) is 49.7 Å². The van der Waals surface area contributed by atoms with Crippen LogP contribution in [0.15, 0.2) is 82.7 Å². The quantitative estimate of drug-likeness (QED) is 0.408. The predicted molar refractivity (Wildman–Crippen MR) is 133 cm³/mol. The Labute approximate surface area is 199 Å². The van der Waals surface area contributed by atoms with Crippen molar-refractivity contribution in [1.82, 2.24) is 4.90 Å². The SMILES string of the molecule is C=CCC(Nc1ccc(C#Cc2ccc(CN3CCOCC3)cc2)cc1)c1occc(=O)c1O. The van der Waals surface area contributed by atoms with E-state index in [-0.39, 0.29) is 11.5 Å². The van der Waals surface area contributed by atoms with Crippen LogP contribution in [-0.4, -0.2) is 36.3 Å². The highest BCUT2D eigenvalue weighted by Crippen LogP contribution is 2.27. The number of hydrogen-bond donors (Lipinski definition) is 2. The third-order valence-corrected chi connectivity index (χ3v) is 5.64. The van der Waals surface area contributed by atoms with Crippen molar-refractivity contribution < 1.29 is 14.3 Å². The molecule has 1 fully saturated rings. The molecule has 1 unspecified atom stereocenters. The van der Waals surface area contributed by atoms with E-state index >= 15 is 0 Å². The van der Waals surface area contributed by atoms with Gasteiger partial charge in [0.15, 0.2) is 5.76 Å². The summed E-state index contributed by atoms with van der Waals surface area (Å²) in [5.74, 6) is 6.21. The van der Waals surface area contributed by atoms with Gasteiger partial charge in [-0.2, -0.15) is 0 Å². The molecule has 0 aliphatic carbocycles. The molecule has 4 rings (SSSR count). The van der Waals surface area contributed by atoms with Gasteiger partial charge in [-0.3, -0.25) is 9.69 Å². The van der Waals surface area contributed by atoms with E-state index in [9.17, 15) is 9.90 Å². The zero-order valence-electron chi connectivity index (χ0n) is 19.0. The lowest BCUT2D eigenvalue weighted by molar-refractivity contribution is 0.0342. The average Bonchev–Trinajstić information content (AvgIpc) is 2.86. The molecule has 1 aliphatic rings. The summed E-state index contributed by atoms with van der Waals surface area (Å²) < 4.78 is 10.8. The minimum Gasteiger partial charge on any atom is -0.502 e. The molecule has 1 saturated heterocycles. The first-order valence-corrected chi connectivity index (χ1v) is 11.3. The number of nitrogens with one attached hydrogen (secondary N) is 1. The smallest absolute Gasteiger partial charge is 0.226 e. The van der Waals surface area contributed by atoms with Gasteiger partial charge >= 0.3 is 0 Å². The molecule has 34 heavy (non-hydrogen) atoms. The first kappa shape index (κ1) is 23.4. The Morgan fingerprint density at radius 1 is 1.03 bits per heavy atom. The van der Waals surface area contributed by atoms with Gasteiger partial charge in [0.2, 0.25) is 11.2 Å². The van der Waals surface area contributed by atoms with E-state index in [1.54, 1.807) is 6.08 Å². The van der Waals surface area contributed by atoms with Gasteiger partial charge in [-0.1, -0.05) is 30.0 Å². The van der Waals surface area contributed by atoms with E-state index in [1.165, 1.54) is 17.9 Å². The molecular formula is C28H28N2O4. The van der Waals surface area contributed by atoms with Gasteiger partial charge in [-0.25, -0.2) is 0 Å². The van der Waals surface area contributed by atoms with Crippen LogP contribution in [-0.2, 0) is 11.3 Å². The number of benzene rings is 2. The van der Waals surface area contributed by atoms with Crippen LogP contribution >= 0.6 is 0 Å². The molecule has 0 saturated carbocycles. The summed E-state index contributed by atoms with van der Waals surface area (Å²) in [6.07, 6.45) is 3.46. The van der Waals surface area contributed by atoms with Gasteiger partial charge in [-0.15, -0.1) is 6.58 Å². The molecule has 2 aromatic carbocycles. The summed E-state index contributed by atoms with van der Waals surface area (Å²) in [6, 6.07) is 16.8. The normalized spacial score (nSPS) is 14.6. The van der Waals surface area contributed by atoms with Crippen LogP contribution in [0.1, 0.15) is 34.9 Å². The minimum absolute atomic E-state index is 0.188. The third kappa shape index (κ3) is 6.16. The van der Waals surface area contributed by atoms with Crippen LogP contribution < -0.4 is 10.7 Å².